The van der Waals surface area contributed by atoms with Gasteiger partial charge in [-0.15, -0.1) is 0 Å². The molecular weight excluding hydrogens is 396 g/mol. The third-order valence-electron chi connectivity index (χ3n) is 4.91. The van der Waals surface area contributed by atoms with Crippen LogP contribution in [-0.2, 0) is 0 Å². The van der Waals surface area contributed by atoms with Crippen molar-refractivity contribution >= 4 is 39.3 Å². The standard InChI is InChI=1S/C24H17ClN4O/c1-15-11-23-18(12-19(15)25)21(13-22(30-23)16-7-3-2-4-8-16)28-29-24-17-9-5-6-10-20(17)26-14-27-24/h2-14H,1H3,(H,26,27,29). The van der Waals surface area contributed by atoms with Crippen molar-refractivity contribution in [3.8, 4) is 11.3 Å². The van der Waals surface area contributed by atoms with E-state index in [1.54, 1.807) is 0 Å². The first-order valence-electron chi connectivity index (χ1n) is 9.48. The van der Waals surface area contributed by atoms with E-state index < -0.39 is 0 Å². The zero-order valence-electron chi connectivity index (χ0n) is 16.1. The fraction of sp³-hybridized carbons (Fsp3) is 0.0417. The van der Waals surface area contributed by atoms with Crippen LogP contribution in [-0.4, -0.2) is 9.97 Å². The number of benzene rings is 3. The van der Waals surface area contributed by atoms with Gasteiger partial charge in [0.1, 0.15) is 17.7 Å². The maximum atomic E-state index is 6.39. The first-order valence-corrected chi connectivity index (χ1v) is 9.86. The maximum Gasteiger partial charge on any atom is 0.157 e. The van der Waals surface area contributed by atoms with E-state index in [1.165, 1.54) is 6.33 Å². The summed E-state index contributed by atoms with van der Waals surface area (Å²) in [5.74, 6) is 1.35. The normalized spacial score (nSPS) is 11.9. The highest BCUT2D eigenvalue weighted by molar-refractivity contribution is 6.32. The van der Waals surface area contributed by atoms with E-state index in [-0.39, 0.29) is 0 Å². The quantitative estimate of drug-likeness (QED) is 0.373. The second-order valence-electron chi connectivity index (χ2n) is 6.92. The Balaban J connectivity index is 1.71. The molecule has 0 saturated carbocycles. The summed E-state index contributed by atoms with van der Waals surface area (Å²) in [6.45, 7) is 1.95. The number of hydrogen-bond donors (Lipinski definition) is 1. The Morgan fingerprint density at radius 2 is 1.70 bits per heavy atom. The SMILES string of the molecule is Cc1cc2oc(-c3ccccc3)cc(=NNc3ncnc4ccccc34)c2cc1Cl. The Kier molecular flexibility index (Phi) is 4.65. The zero-order chi connectivity index (χ0) is 20.5. The summed E-state index contributed by atoms with van der Waals surface area (Å²) in [5, 5.41) is 7.73. The Labute approximate surface area is 177 Å². The van der Waals surface area contributed by atoms with Gasteiger partial charge in [0, 0.05) is 27.4 Å². The summed E-state index contributed by atoms with van der Waals surface area (Å²) >= 11 is 6.39. The van der Waals surface area contributed by atoms with Crippen LogP contribution in [0.4, 0.5) is 5.82 Å². The van der Waals surface area contributed by atoms with Crippen LogP contribution in [0.1, 0.15) is 5.56 Å². The number of fused-ring (bicyclic) bond motifs is 2. The number of anilines is 1. The van der Waals surface area contributed by atoms with Crippen molar-refractivity contribution in [1.29, 1.82) is 0 Å². The fourth-order valence-corrected chi connectivity index (χ4v) is 3.50. The molecule has 0 unspecified atom stereocenters. The van der Waals surface area contributed by atoms with Crippen molar-refractivity contribution in [1.82, 2.24) is 9.97 Å². The third kappa shape index (κ3) is 3.40. The highest BCUT2D eigenvalue weighted by Crippen LogP contribution is 2.26. The number of hydrogen-bond acceptors (Lipinski definition) is 5. The zero-order valence-corrected chi connectivity index (χ0v) is 16.9. The topological polar surface area (TPSA) is 63.3 Å². The minimum Gasteiger partial charge on any atom is -0.456 e. The van der Waals surface area contributed by atoms with Gasteiger partial charge in [0.2, 0.25) is 0 Å². The van der Waals surface area contributed by atoms with E-state index in [4.69, 9.17) is 16.0 Å². The van der Waals surface area contributed by atoms with E-state index in [1.807, 2.05) is 79.7 Å². The molecule has 146 valence electrons. The molecule has 5 nitrogen and oxygen atoms in total. The van der Waals surface area contributed by atoms with Crippen molar-refractivity contribution in [2.24, 2.45) is 5.10 Å². The van der Waals surface area contributed by atoms with E-state index >= 15 is 0 Å². The summed E-state index contributed by atoms with van der Waals surface area (Å²) in [7, 11) is 0. The molecule has 0 aliphatic carbocycles. The van der Waals surface area contributed by atoms with Gasteiger partial charge < -0.3 is 4.42 Å². The van der Waals surface area contributed by atoms with E-state index in [9.17, 15) is 0 Å². The van der Waals surface area contributed by atoms with E-state index in [0.717, 1.165) is 33.2 Å². The molecule has 1 N–H and O–H groups in total. The predicted molar refractivity (Wildman–Crippen MR) is 120 cm³/mol. The highest BCUT2D eigenvalue weighted by Gasteiger charge is 2.09. The minimum atomic E-state index is 0.633. The van der Waals surface area contributed by atoms with Crippen LogP contribution in [0.3, 0.4) is 0 Å². The van der Waals surface area contributed by atoms with Crippen LogP contribution in [0, 0.1) is 6.92 Å². The Bertz CT molecular complexity index is 1440. The van der Waals surface area contributed by atoms with E-state index in [2.05, 4.69) is 20.5 Å². The largest absolute Gasteiger partial charge is 0.456 e. The van der Waals surface area contributed by atoms with Crippen LogP contribution in [0.25, 0.3) is 33.2 Å². The van der Waals surface area contributed by atoms with Gasteiger partial charge in [0.25, 0.3) is 0 Å². The monoisotopic (exact) mass is 412 g/mol. The molecule has 6 heteroatoms. The lowest BCUT2D eigenvalue weighted by atomic mass is 10.1. The second-order valence-corrected chi connectivity index (χ2v) is 7.33. The second kappa shape index (κ2) is 7.61. The summed E-state index contributed by atoms with van der Waals surface area (Å²) in [6, 6.07) is 23.4. The van der Waals surface area contributed by atoms with Crippen LogP contribution < -0.4 is 10.8 Å². The molecule has 0 spiro atoms. The van der Waals surface area contributed by atoms with Crippen LogP contribution in [0.2, 0.25) is 5.02 Å². The van der Waals surface area contributed by atoms with Crippen molar-refractivity contribution in [2.75, 3.05) is 5.43 Å². The molecule has 0 bridgehead atoms. The summed E-state index contributed by atoms with van der Waals surface area (Å²) in [6.07, 6.45) is 1.52. The molecule has 2 aromatic heterocycles. The molecule has 0 amide bonds. The first kappa shape index (κ1) is 18.3. The summed E-state index contributed by atoms with van der Waals surface area (Å²) in [4.78, 5) is 8.65. The molecule has 0 atom stereocenters. The third-order valence-corrected chi connectivity index (χ3v) is 5.32. The summed E-state index contributed by atoms with van der Waals surface area (Å²) in [5.41, 5.74) is 6.57. The molecule has 0 radical (unpaired) electrons. The van der Waals surface area contributed by atoms with Gasteiger partial charge in [0.15, 0.2) is 5.82 Å². The van der Waals surface area contributed by atoms with Crippen LogP contribution in [0.15, 0.2) is 88.6 Å². The van der Waals surface area contributed by atoms with Gasteiger partial charge >= 0.3 is 0 Å². The maximum absolute atomic E-state index is 6.39. The van der Waals surface area contributed by atoms with Gasteiger partial charge in [-0.25, -0.2) is 9.97 Å². The Morgan fingerprint density at radius 1 is 0.900 bits per heavy atom. The number of para-hydroxylation sites is 1. The number of nitrogens with zero attached hydrogens (tertiary/aromatic N) is 3. The van der Waals surface area contributed by atoms with Crippen molar-refractivity contribution in [2.45, 2.75) is 6.92 Å². The molecule has 0 fully saturated rings. The van der Waals surface area contributed by atoms with Gasteiger partial charge in [0.05, 0.1) is 10.9 Å². The molecule has 5 rings (SSSR count). The first-order chi connectivity index (χ1) is 14.7. The van der Waals surface area contributed by atoms with Gasteiger partial charge in [-0.1, -0.05) is 54.1 Å². The molecular formula is C24H17ClN4O. The molecule has 30 heavy (non-hydrogen) atoms. The molecule has 3 aromatic carbocycles. The predicted octanol–water partition coefficient (Wildman–Crippen LogP) is 5.93. The van der Waals surface area contributed by atoms with Crippen molar-refractivity contribution in [3.63, 3.8) is 0 Å². The summed E-state index contributed by atoms with van der Waals surface area (Å²) < 4.78 is 6.17. The average Bonchev–Trinajstić information content (AvgIpc) is 2.79. The van der Waals surface area contributed by atoms with E-state index in [0.29, 0.717) is 21.8 Å². The molecule has 2 heterocycles. The molecule has 0 saturated heterocycles. The minimum absolute atomic E-state index is 0.633. The Hall–Kier alpha value is -3.70. The lowest BCUT2D eigenvalue weighted by Crippen LogP contribution is -2.08. The molecule has 0 aliphatic rings. The highest BCUT2D eigenvalue weighted by atomic mass is 35.5. The molecule has 5 aromatic rings. The van der Waals surface area contributed by atoms with Gasteiger partial charge in [-0.2, -0.15) is 5.10 Å². The van der Waals surface area contributed by atoms with Gasteiger partial charge in [-0.05, 0) is 36.8 Å². The number of rotatable bonds is 3. The fourth-order valence-electron chi connectivity index (χ4n) is 3.33. The molecule has 0 aliphatic heterocycles. The number of nitrogens with one attached hydrogen (secondary N) is 1. The van der Waals surface area contributed by atoms with Crippen molar-refractivity contribution < 1.29 is 4.42 Å². The lowest BCUT2D eigenvalue weighted by molar-refractivity contribution is 0.618. The number of halogens is 1. The average molecular weight is 413 g/mol. The van der Waals surface area contributed by atoms with Crippen LogP contribution >= 0.6 is 11.6 Å². The van der Waals surface area contributed by atoms with Crippen molar-refractivity contribution in [3.05, 3.63) is 95.1 Å². The smallest absolute Gasteiger partial charge is 0.157 e. The number of aromatic nitrogens is 2. The Morgan fingerprint density at radius 3 is 2.57 bits per heavy atom. The van der Waals surface area contributed by atoms with Gasteiger partial charge in [-0.3, -0.25) is 5.43 Å². The number of aryl methyl sites for hydroxylation is 1. The van der Waals surface area contributed by atoms with Crippen LogP contribution in [0.5, 0.6) is 0 Å². The lowest BCUT2D eigenvalue weighted by Gasteiger charge is -2.08.